The van der Waals surface area contributed by atoms with Crippen LogP contribution in [0.15, 0.2) is 77.0 Å². The fraction of sp³-hybridized carbons (Fsp3) is 0.100. The van der Waals surface area contributed by atoms with E-state index in [0.29, 0.717) is 22.7 Å². The molecule has 3 rings (SSSR count). The van der Waals surface area contributed by atoms with Gasteiger partial charge in [0.2, 0.25) is 0 Å². The van der Waals surface area contributed by atoms with Gasteiger partial charge in [-0.1, -0.05) is 30.3 Å². The largest absolute Gasteiger partial charge is 0.351 e. The number of thiophene rings is 1. The second-order valence-electron chi connectivity index (χ2n) is 5.43. The molecule has 6 heteroatoms. The lowest BCUT2D eigenvalue weighted by Crippen LogP contribution is -2.25. The van der Waals surface area contributed by atoms with Gasteiger partial charge in [-0.15, -0.1) is 23.1 Å². The molecule has 3 aromatic rings. The summed E-state index contributed by atoms with van der Waals surface area (Å²) in [4.78, 5) is 26.2. The third-order valence-corrected chi connectivity index (χ3v) is 5.41. The zero-order valence-electron chi connectivity index (χ0n) is 14.0. The monoisotopic (exact) mass is 382 g/mol. The fourth-order valence-corrected chi connectivity index (χ4v) is 3.70. The molecule has 0 saturated heterocycles. The Morgan fingerprint density at radius 3 is 2.54 bits per heavy atom. The lowest BCUT2D eigenvalue weighted by atomic mass is 10.2. The maximum atomic E-state index is 12.3. The molecule has 0 aliphatic heterocycles. The molecule has 0 atom stereocenters. The average molecular weight is 383 g/mol. The first kappa shape index (κ1) is 18.2. The van der Waals surface area contributed by atoms with Gasteiger partial charge in [-0.25, -0.2) is 0 Å². The number of thioether (sulfide) groups is 1. The summed E-state index contributed by atoms with van der Waals surface area (Å²) in [6.07, 6.45) is 0. The van der Waals surface area contributed by atoms with Gasteiger partial charge < -0.3 is 10.6 Å². The van der Waals surface area contributed by atoms with E-state index in [0.717, 1.165) is 5.75 Å². The van der Waals surface area contributed by atoms with E-state index in [9.17, 15) is 9.59 Å². The van der Waals surface area contributed by atoms with Gasteiger partial charge in [0.25, 0.3) is 11.8 Å². The Morgan fingerprint density at radius 1 is 0.923 bits per heavy atom. The van der Waals surface area contributed by atoms with Crippen molar-refractivity contribution in [1.29, 1.82) is 0 Å². The van der Waals surface area contributed by atoms with Crippen molar-refractivity contribution in [2.75, 3.05) is 17.6 Å². The minimum Gasteiger partial charge on any atom is -0.351 e. The first-order valence-corrected chi connectivity index (χ1v) is 10.00. The summed E-state index contributed by atoms with van der Waals surface area (Å²) in [6.45, 7) is 0.574. The number of nitrogens with one attached hydrogen (secondary N) is 2. The van der Waals surface area contributed by atoms with Gasteiger partial charge in [0.05, 0.1) is 4.88 Å². The average Bonchev–Trinajstić information content (AvgIpc) is 3.21. The highest BCUT2D eigenvalue weighted by Crippen LogP contribution is 2.17. The first-order valence-electron chi connectivity index (χ1n) is 8.13. The molecule has 0 unspecified atom stereocenters. The second kappa shape index (κ2) is 9.22. The Balaban J connectivity index is 1.50. The summed E-state index contributed by atoms with van der Waals surface area (Å²) in [7, 11) is 0. The van der Waals surface area contributed by atoms with Crippen molar-refractivity contribution in [3.63, 3.8) is 0 Å². The van der Waals surface area contributed by atoms with Crippen molar-refractivity contribution < 1.29 is 9.59 Å². The molecular weight excluding hydrogens is 364 g/mol. The first-order chi connectivity index (χ1) is 12.7. The van der Waals surface area contributed by atoms with Gasteiger partial charge in [0.15, 0.2) is 0 Å². The van der Waals surface area contributed by atoms with E-state index in [1.807, 2.05) is 41.8 Å². The van der Waals surface area contributed by atoms with Crippen molar-refractivity contribution >= 4 is 40.6 Å². The molecule has 0 fully saturated rings. The van der Waals surface area contributed by atoms with Gasteiger partial charge in [0.1, 0.15) is 0 Å². The number of hydrogen-bond acceptors (Lipinski definition) is 4. The van der Waals surface area contributed by atoms with Crippen LogP contribution in [0.25, 0.3) is 0 Å². The van der Waals surface area contributed by atoms with Crippen LogP contribution in [-0.4, -0.2) is 24.1 Å². The molecule has 2 N–H and O–H groups in total. The maximum Gasteiger partial charge on any atom is 0.265 e. The van der Waals surface area contributed by atoms with Crippen molar-refractivity contribution in [3.8, 4) is 0 Å². The standard InChI is InChI=1S/C20H18N2O2S2/c23-19(21-11-13-25-17-8-2-1-3-9-17)15-6-4-7-16(14-15)22-20(24)18-10-5-12-26-18/h1-10,12,14H,11,13H2,(H,21,23)(H,22,24). The molecular formula is C20H18N2O2S2. The zero-order chi connectivity index (χ0) is 18.2. The Morgan fingerprint density at radius 2 is 1.77 bits per heavy atom. The Kier molecular flexibility index (Phi) is 6.46. The quantitative estimate of drug-likeness (QED) is 0.466. The molecule has 1 aromatic heterocycles. The predicted octanol–water partition coefficient (Wildman–Crippen LogP) is 4.52. The highest BCUT2D eigenvalue weighted by atomic mass is 32.2. The zero-order valence-corrected chi connectivity index (χ0v) is 15.6. The smallest absolute Gasteiger partial charge is 0.265 e. The number of carbonyl (C=O) groups excluding carboxylic acids is 2. The van der Waals surface area contributed by atoms with Crippen LogP contribution in [0, 0.1) is 0 Å². The number of rotatable bonds is 7. The Bertz CT molecular complexity index is 865. The molecule has 0 aliphatic carbocycles. The molecule has 0 bridgehead atoms. The van der Waals surface area contributed by atoms with Crippen molar-refractivity contribution in [1.82, 2.24) is 5.32 Å². The van der Waals surface area contributed by atoms with Crippen molar-refractivity contribution in [2.45, 2.75) is 4.90 Å². The van der Waals surface area contributed by atoms with E-state index in [1.165, 1.54) is 16.2 Å². The van der Waals surface area contributed by atoms with Gasteiger partial charge in [0, 0.05) is 28.4 Å². The molecule has 2 amide bonds. The molecule has 1 heterocycles. The van der Waals surface area contributed by atoms with E-state index in [2.05, 4.69) is 10.6 Å². The number of benzene rings is 2. The number of anilines is 1. The summed E-state index contributed by atoms with van der Waals surface area (Å²) in [5, 5.41) is 7.58. The van der Waals surface area contributed by atoms with Crippen LogP contribution in [0.1, 0.15) is 20.0 Å². The van der Waals surface area contributed by atoms with Crippen LogP contribution in [0.4, 0.5) is 5.69 Å². The van der Waals surface area contributed by atoms with Crippen molar-refractivity contribution in [3.05, 3.63) is 82.6 Å². The molecule has 4 nitrogen and oxygen atoms in total. The lowest BCUT2D eigenvalue weighted by molar-refractivity contribution is 0.0954. The van der Waals surface area contributed by atoms with Crippen LogP contribution in [0.2, 0.25) is 0 Å². The highest BCUT2D eigenvalue weighted by molar-refractivity contribution is 7.99. The number of amides is 2. The summed E-state index contributed by atoms with van der Waals surface area (Å²) in [6, 6.07) is 20.6. The molecule has 26 heavy (non-hydrogen) atoms. The molecule has 132 valence electrons. The molecule has 0 saturated carbocycles. The van der Waals surface area contributed by atoms with Crippen LogP contribution in [0.3, 0.4) is 0 Å². The molecule has 2 aromatic carbocycles. The van der Waals surface area contributed by atoms with E-state index in [4.69, 9.17) is 0 Å². The normalized spacial score (nSPS) is 10.3. The van der Waals surface area contributed by atoms with E-state index < -0.39 is 0 Å². The van der Waals surface area contributed by atoms with Gasteiger partial charge in [-0.2, -0.15) is 0 Å². The topological polar surface area (TPSA) is 58.2 Å². The number of carbonyl (C=O) groups is 2. The van der Waals surface area contributed by atoms with Crippen LogP contribution < -0.4 is 10.6 Å². The van der Waals surface area contributed by atoms with E-state index in [-0.39, 0.29) is 11.8 Å². The van der Waals surface area contributed by atoms with Gasteiger partial charge in [-0.3, -0.25) is 9.59 Å². The Hall–Kier alpha value is -2.57. The predicted molar refractivity (Wildman–Crippen MR) is 108 cm³/mol. The fourth-order valence-electron chi connectivity index (χ4n) is 2.29. The second-order valence-corrected chi connectivity index (χ2v) is 7.55. The summed E-state index contributed by atoms with van der Waals surface area (Å²) in [5.74, 6) is 0.479. The molecule has 0 radical (unpaired) electrons. The number of hydrogen-bond donors (Lipinski definition) is 2. The van der Waals surface area contributed by atoms with Crippen LogP contribution in [0.5, 0.6) is 0 Å². The van der Waals surface area contributed by atoms with Crippen molar-refractivity contribution in [2.24, 2.45) is 0 Å². The van der Waals surface area contributed by atoms with E-state index >= 15 is 0 Å². The van der Waals surface area contributed by atoms with Crippen LogP contribution in [-0.2, 0) is 0 Å². The highest BCUT2D eigenvalue weighted by Gasteiger charge is 2.09. The maximum absolute atomic E-state index is 12.3. The molecule has 0 spiro atoms. The Labute approximate surface area is 160 Å². The van der Waals surface area contributed by atoms with E-state index in [1.54, 1.807) is 42.1 Å². The third-order valence-electron chi connectivity index (χ3n) is 3.53. The van der Waals surface area contributed by atoms with Crippen LogP contribution >= 0.6 is 23.1 Å². The van der Waals surface area contributed by atoms with Gasteiger partial charge >= 0.3 is 0 Å². The third kappa shape index (κ3) is 5.21. The van der Waals surface area contributed by atoms with Gasteiger partial charge in [-0.05, 0) is 41.8 Å². The minimum atomic E-state index is -0.170. The summed E-state index contributed by atoms with van der Waals surface area (Å²) < 4.78 is 0. The summed E-state index contributed by atoms with van der Waals surface area (Å²) >= 11 is 3.08. The minimum absolute atomic E-state index is 0.147. The summed E-state index contributed by atoms with van der Waals surface area (Å²) in [5.41, 5.74) is 1.13. The SMILES string of the molecule is O=C(NCCSc1ccccc1)c1cccc(NC(=O)c2cccs2)c1. The lowest BCUT2D eigenvalue weighted by Gasteiger charge is -2.08. The molecule has 0 aliphatic rings.